The highest BCUT2D eigenvalue weighted by molar-refractivity contribution is 9.10. The van der Waals surface area contributed by atoms with Crippen molar-refractivity contribution in [2.75, 3.05) is 5.32 Å². The van der Waals surface area contributed by atoms with Crippen LogP contribution < -0.4 is 10.1 Å². The van der Waals surface area contributed by atoms with E-state index in [1.807, 2.05) is 53.8 Å². The molecule has 0 radical (unpaired) electrons. The third-order valence-electron chi connectivity index (χ3n) is 4.99. The average molecular weight is 476 g/mol. The van der Waals surface area contributed by atoms with Crippen molar-refractivity contribution >= 4 is 27.5 Å². The number of halogens is 4. The highest BCUT2D eigenvalue weighted by atomic mass is 79.9. The topological polar surface area (TPSA) is 38.3 Å². The van der Waals surface area contributed by atoms with Crippen LogP contribution in [0.25, 0.3) is 11.1 Å². The summed E-state index contributed by atoms with van der Waals surface area (Å²) in [6, 6.07) is 18.8. The molecular weight excluding hydrogens is 459 g/mol. The van der Waals surface area contributed by atoms with E-state index in [-0.39, 0.29) is 5.69 Å². The van der Waals surface area contributed by atoms with Gasteiger partial charge in [-0.25, -0.2) is 0 Å². The van der Waals surface area contributed by atoms with Crippen LogP contribution in [0.1, 0.15) is 16.7 Å². The SMILES string of the molecule is O=C(Nc1ccc2c(c1Br)-c1ccc(OCc3ccccc3)cc1CC2)C(F)(F)F. The molecule has 0 aliphatic heterocycles. The van der Waals surface area contributed by atoms with Gasteiger partial charge in [0.2, 0.25) is 0 Å². The Bertz CT molecular complexity index is 1100. The van der Waals surface area contributed by atoms with Crippen LogP contribution in [-0.4, -0.2) is 12.1 Å². The lowest BCUT2D eigenvalue weighted by molar-refractivity contribution is -0.167. The predicted molar refractivity (Wildman–Crippen MR) is 112 cm³/mol. The quantitative estimate of drug-likeness (QED) is 0.481. The van der Waals surface area contributed by atoms with Crippen molar-refractivity contribution in [1.82, 2.24) is 0 Å². The maximum atomic E-state index is 12.6. The van der Waals surface area contributed by atoms with Crippen LogP contribution in [0.5, 0.6) is 5.75 Å². The van der Waals surface area contributed by atoms with E-state index < -0.39 is 12.1 Å². The van der Waals surface area contributed by atoms with Gasteiger partial charge in [0.25, 0.3) is 0 Å². The average Bonchev–Trinajstić information content (AvgIpc) is 2.73. The van der Waals surface area contributed by atoms with Gasteiger partial charge < -0.3 is 10.1 Å². The molecule has 3 aromatic carbocycles. The summed E-state index contributed by atoms with van der Waals surface area (Å²) in [5, 5.41) is 1.95. The van der Waals surface area contributed by atoms with E-state index in [4.69, 9.17) is 4.74 Å². The number of rotatable bonds is 4. The molecule has 154 valence electrons. The van der Waals surface area contributed by atoms with Gasteiger partial charge in [0, 0.05) is 10.0 Å². The summed E-state index contributed by atoms with van der Waals surface area (Å²) in [7, 11) is 0. The van der Waals surface area contributed by atoms with Crippen molar-refractivity contribution in [2.24, 2.45) is 0 Å². The molecule has 0 aromatic heterocycles. The molecule has 3 nitrogen and oxygen atoms in total. The van der Waals surface area contributed by atoms with Crippen LogP contribution in [0.3, 0.4) is 0 Å². The summed E-state index contributed by atoms with van der Waals surface area (Å²) in [5.41, 5.74) is 4.93. The molecule has 1 N–H and O–H groups in total. The number of carbonyl (C=O) groups excluding carboxylic acids is 1. The van der Waals surface area contributed by atoms with Crippen LogP contribution in [-0.2, 0) is 24.2 Å². The van der Waals surface area contributed by atoms with Gasteiger partial charge in [-0.2, -0.15) is 13.2 Å². The molecule has 3 aromatic rings. The molecule has 7 heteroatoms. The molecule has 4 rings (SSSR count). The summed E-state index contributed by atoms with van der Waals surface area (Å²) in [6.45, 7) is 0.452. The van der Waals surface area contributed by atoms with E-state index in [1.54, 1.807) is 6.07 Å². The molecule has 1 aliphatic rings. The van der Waals surface area contributed by atoms with Crippen LogP contribution in [0, 0.1) is 0 Å². The summed E-state index contributed by atoms with van der Waals surface area (Å²) in [6.07, 6.45) is -3.40. The molecule has 0 spiro atoms. The Labute approximate surface area is 180 Å². The lowest BCUT2D eigenvalue weighted by atomic mass is 9.85. The number of hydrogen-bond acceptors (Lipinski definition) is 2. The monoisotopic (exact) mass is 475 g/mol. The molecule has 0 atom stereocenters. The molecule has 1 amide bonds. The minimum atomic E-state index is -4.95. The Hall–Kier alpha value is -2.80. The molecule has 0 bridgehead atoms. The minimum Gasteiger partial charge on any atom is -0.489 e. The van der Waals surface area contributed by atoms with E-state index >= 15 is 0 Å². The fourth-order valence-corrected chi connectivity index (χ4v) is 4.23. The van der Waals surface area contributed by atoms with Gasteiger partial charge in [0.05, 0.1) is 5.69 Å². The van der Waals surface area contributed by atoms with Crippen molar-refractivity contribution in [2.45, 2.75) is 25.6 Å². The number of nitrogens with one attached hydrogen (secondary N) is 1. The summed E-state index contributed by atoms with van der Waals surface area (Å²) < 4.78 is 44.3. The van der Waals surface area contributed by atoms with Gasteiger partial charge in [-0.1, -0.05) is 42.5 Å². The van der Waals surface area contributed by atoms with Gasteiger partial charge >= 0.3 is 12.1 Å². The number of ether oxygens (including phenoxy) is 1. The van der Waals surface area contributed by atoms with E-state index in [2.05, 4.69) is 15.9 Å². The zero-order valence-electron chi connectivity index (χ0n) is 15.7. The number of benzene rings is 3. The number of fused-ring (bicyclic) bond motifs is 3. The second kappa shape index (κ2) is 8.14. The highest BCUT2D eigenvalue weighted by Gasteiger charge is 2.39. The first-order chi connectivity index (χ1) is 14.3. The fourth-order valence-electron chi connectivity index (χ4n) is 3.53. The molecule has 0 saturated carbocycles. The largest absolute Gasteiger partial charge is 0.489 e. The number of anilines is 1. The molecular formula is C23H17BrF3NO2. The van der Waals surface area contributed by atoms with Gasteiger partial charge in [-0.3, -0.25) is 4.79 Å². The van der Waals surface area contributed by atoms with Crippen molar-refractivity contribution in [1.29, 1.82) is 0 Å². The first-order valence-electron chi connectivity index (χ1n) is 9.32. The zero-order valence-corrected chi connectivity index (χ0v) is 17.3. The smallest absolute Gasteiger partial charge is 0.471 e. The van der Waals surface area contributed by atoms with Gasteiger partial charge in [0.1, 0.15) is 12.4 Å². The molecule has 30 heavy (non-hydrogen) atoms. The summed E-state index contributed by atoms with van der Waals surface area (Å²) in [5.74, 6) is -1.26. The Morgan fingerprint density at radius 3 is 2.47 bits per heavy atom. The van der Waals surface area contributed by atoms with E-state index in [1.165, 1.54) is 6.07 Å². The Balaban J connectivity index is 1.61. The van der Waals surface area contributed by atoms with Gasteiger partial charge in [-0.15, -0.1) is 0 Å². The van der Waals surface area contributed by atoms with Crippen LogP contribution >= 0.6 is 15.9 Å². The minimum absolute atomic E-state index is 0.0910. The zero-order chi connectivity index (χ0) is 21.3. The molecule has 0 heterocycles. The lowest BCUT2D eigenvalue weighted by Gasteiger charge is -2.23. The van der Waals surface area contributed by atoms with Crippen LogP contribution in [0.2, 0.25) is 0 Å². The Kier molecular flexibility index (Phi) is 5.56. The van der Waals surface area contributed by atoms with Gasteiger partial charge in [0.15, 0.2) is 0 Å². The third-order valence-corrected chi connectivity index (χ3v) is 5.82. The summed E-state index contributed by atoms with van der Waals surface area (Å²) >= 11 is 3.40. The number of carbonyl (C=O) groups is 1. The van der Waals surface area contributed by atoms with Crippen LogP contribution in [0.15, 0.2) is 65.1 Å². The van der Waals surface area contributed by atoms with Gasteiger partial charge in [-0.05, 0) is 69.2 Å². The maximum absolute atomic E-state index is 12.6. The number of amides is 1. The fraction of sp³-hybridized carbons (Fsp3) is 0.174. The number of alkyl halides is 3. The summed E-state index contributed by atoms with van der Waals surface area (Å²) in [4.78, 5) is 11.4. The van der Waals surface area contributed by atoms with E-state index in [9.17, 15) is 18.0 Å². The molecule has 0 saturated heterocycles. The standard InChI is InChI=1S/C23H17BrF3NO2/c24-21-19(28-22(29)23(25,26)27)11-8-15-6-7-16-12-17(9-10-18(16)20(15)21)30-13-14-4-2-1-3-5-14/h1-5,8-12H,6-7,13H2,(H,28,29). The maximum Gasteiger partial charge on any atom is 0.471 e. The van der Waals surface area contributed by atoms with E-state index in [0.29, 0.717) is 11.1 Å². The van der Waals surface area contributed by atoms with Crippen molar-refractivity contribution in [3.05, 3.63) is 81.8 Å². The first-order valence-corrected chi connectivity index (χ1v) is 10.1. The normalized spacial score (nSPS) is 12.7. The first kappa shape index (κ1) is 20.5. The van der Waals surface area contributed by atoms with Crippen molar-refractivity contribution in [3.63, 3.8) is 0 Å². The molecule has 1 aliphatic carbocycles. The van der Waals surface area contributed by atoms with Crippen molar-refractivity contribution < 1.29 is 22.7 Å². The predicted octanol–water partition coefficient (Wildman–Crippen LogP) is 6.29. The van der Waals surface area contributed by atoms with Crippen LogP contribution in [0.4, 0.5) is 18.9 Å². The second-order valence-electron chi connectivity index (χ2n) is 7.01. The number of aryl methyl sites for hydroxylation is 2. The number of hydrogen-bond donors (Lipinski definition) is 1. The molecule has 0 unspecified atom stereocenters. The third kappa shape index (κ3) is 4.21. The Morgan fingerprint density at radius 2 is 1.73 bits per heavy atom. The highest BCUT2D eigenvalue weighted by Crippen LogP contribution is 2.43. The second-order valence-corrected chi connectivity index (χ2v) is 7.80. The van der Waals surface area contributed by atoms with E-state index in [0.717, 1.165) is 46.4 Å². The van der Waals surface area contributed by atoms with Crippen molar-refractivity contribution in [3.8, 4) is 16.9 Å². The molecule has 0 fully saturated rings. The lowest BCUT2D eigenvalue weighted by Crippen LogP contribution is -2.30. The Morgan fingerprint density at radius 1 is 1.00 bits per heavy atom.